The van der Waals surface area contributed by atoms with Crippen molar-refractivity contribution in [1.29, 1.82) is 0 Å². The number of H-pyrrole nitrogens is 2. The van der Waals surface area contributed by atoms with Gasteiger partial charge in [0.15, 0.2) is 0 Å². The standard InChI is InChI=1S/C24H16N4.C12H8N4.C6H5Br/c1-3-9-17(10-4-1)27-22-14-8-7-13-19(22)20-15-21-24(16-23(20)27)28(26-25-21)18-11-5-2-6-12-18;1-2-4-9-7(3-1)8-5-11-12(15-16-14-11)6-10(8)13-9;7-6-4-2-1-3-5-6/h1-16H;1-6,14,16H;1-5H. The van der Waals surface area contributed by atoms with Crippen LogP contribution in [0.1, 0.15) is 0 Å². The van der Waals surface area contributed by atoms with Crippen molar-refractivity contribution in [1.82, 2.24) is 40.0 Å². The average molecular weight is 726 g/mol. The van der Waals surface area contributed by atoms with Crippen LogP contribution in [0.15, 0.2) is 168 Å². The number of nitrogens with one attached hydrogen (secondary N) is 2. The van der Waals surface area contributed by atoms with Crippen LogP contribution in [0.3, 0.4) is 0 Å². The number of aromatic amines is 2. The molecule has 0 aliphatic carbocycles. The number of halogens is 1. The van der Waals surface area contributed by atoms with E-state index in [4.69, 9.17) is 0 Å². The summed E-state index contributed by atoms with van der Waals surface area (Å²) in [7, 11) is 0. The summed E-state index contributed by atoms with van der Waals surface area (Å²) in [6.45, 7) is 0. The van der Waals surface area contributed by atoms with Gasteiger partial charge in [0, 0.05) is 31.7 Å². The van der Waals surface area contributed by atoms with E-state index in [2.05, 4.69) is 124 Å². The first-order chi connectivity index (χ1) is 25.2. The van der Waals surface area contributed by atoms with Gasteiger partial charge in [0.1, 0.15) is 11.0 Å². The predicted molar refractivity (Wildman–Crippen MR) is 211 cm³/mol. The van der Waals surface area contributed by atoms with Gasteiger partial charge in [-0.2, -0.15) is 5.10 Å². The first kappa shape index (κ1) is 30.5. The lowest BCUT2D eigenvalue weighted by atomic mass is 10.1. The molecule has 8 nitrogen and oxygen atoms in total. The van der Waals surface area contributed by atoms with Gasteiger partial charge in [0.25, 0.3) is 0 Å². The molecule has 0 aliphatic heterocycles. The van der Waals surface area contributed by atoms with E-state index in [0.717, 1.165) is 54.5 Å². The molecule has 4 heterocycles. The maximum atomic E-state index is 4.58. The van der Waals surface area contributed by atoms with Crippen molar-refractivity contribution < 1.29 is 0 Å². The second-order valence-corrected chi connectivity index (χ2v) is 13.0. The number of hydrogen-bond donors (Lipinski definition) is 2. The molecule has 0 spiro atoms. The summed E-state index contributed by atoms with van der Waals surface area (Å²) in [4.78, 5) is 4.58. The number of para-hydroxylation sites is 4. The van der Waals surface area contributed by atoms with Crippen molar-refractivity contribution in [3.05, 3.63) is 168 Å². The van der Waals surface area contributed by atoms with Crippen LogP contribution in [0, 0.1) is 0 Å². The van der Waals surface area contributed by atoms with Gasteiger partial charge in [0.2, 0.25) is 0 Å². The Morgan fingerprint density at radius 2 is 1.14 bits per heavy atom. The van der Waals surface area contributed by atoms with Gasteiger partial charge in [-0.15, -0.1) is 5.10 Å². The van der Waals surface area contributed by atoms with Crippen LogP contribution in [0.4, 0.5) is 0 Å². The molecule has 51 heavy (non-hydrogen) atoms. The van der Waals surface area contributed by atoms with Crippen molar-refractivity contribution in [2.75, 3.05) is 0 Å². The first-order valence-corrected chi connectivity index (χ1v) is 17.3. The lowest BCUT2D eigenvalue weighted by Gasteiger charge is -2.08. The molecule has 0 bridgehead atoms. The molecule has 0 fully saturated rings. The monoisotopic (exact) mass is 724 g/mol. The van der Waals surface area contributed by atoms with Crippen molar-refractivity contribution >= 4 is 81.6 Å². The molecule has 0 saturated carbocycles. The number of fused-ring (bicyclic) bond motifs is 8. The molecule has 11 aromatic rings. The minimum Gasteiger partial charge on any atom is -0.309 e. The van der Waals surface area contributed by atoms with Gasteiger partial charge in [-0.1, -0.05) is 112 Å². The largest absolute Gasteiger partial charge is 0.309 e. The fraction of sp³-hybridized carbons (Fsp3) is 0. The zero-order valence-corrected chi connectivity index (χ0v) is 28.7. The Morgan fingerprint density at radius 3 is 1.88 bits per heavy atom. The minimum atomic E-state index is 0.896. The molecule has 4 aromatic heterocycles. The summed E-state index contributed by atoms with van der Waals surface area (Å²) in [5.74, 6) is 0. The molecule has 0 aliphatic rings. The van der Waals surface area contributed by atoms with Crippen LogP contribution >= 0.6 is 15.9 Å². The van der Waals surface area contributed by atoms with Crippen LogP contribution < -0.4 is 0 Å². The second-order valence-electron chi connectivity index (χ2n) is 12.0. The third kappa shape index (κ3) is 5.69. The molecule has 0 amide bonds. The fourth-order valence-electron chi connectivity index (χ4n) is 6.57. The van der Waals surface area contributed by atoms with E-state index in [9.17, 15) is 0 Å². The summed E-state index contributed by atoms with van der Waals surface area (Å²) in [6, 6.07) is 55.7. The number of nitrogens with zero attached hydrogens (tertiary/aromatic N) is 6. The second kappa shape index (κ2) is 13.0. The Bertz CT molecular complexity index is 2930. The lowest BCUT2D eigenvalue weighted by Crippen LogP contribution is -1.97. The molecule has 0 unspecified atom stereocenters. The summed E-state index contributed by atoms with van der Waals surface area (Å²) < 4.78 is 5.35. The Hall–Kier alpha value is -6.58. The van der Waals surface area contributed by atoms with E-state index >= 15 is 0 Å². The molecule has 0 atom stereocenters. The van der Waals surface area contributed by atoms with E-state index in [-0.39, 0.29) is 0 Å². The summed E-state index contributed by atoms with van der Waals surface area (Å²) >= 11 is 3.31. The molecule has 0 saturated heterocycles. The van der Waals surface area contributed by atoms with E-state index < -0.39 is 0 Å². The highest BCUT2D eigenvalue weighted by Gasteiger charge is 2.16. The van der Waals surface area contributed by atoms with E-state index in [1.807, 2.05) is 95.7 Å². The molecule has 2 N–H and O–H groups in total. The van der Waals surface area contributed by atoms with Crippen LogP contribution in [0.25, 0.3) is 77.1 Å². The Kier molecular flexibility index (Phi) is 7.79. The number of benzene rings is 7. The van der Waals surface area contributed by atoms with Gasteiger partial charge in [-0.3, -0.25) is 5.10 Å². The van der Waals surface area contributed by atoms with E-state index in [1.54, 1.807) is 0 Å². The third-order valence-electron chi connectivity index (χ3n) is 8.90. The Labute approximate surface area is 300 Å². The van der Waals surface area contributed by atoms with Gasteiger partial charge in [-0.25, -0.2) is 14.9 Å². The number of hydrogen-bond acceptors (Lipinski definition) is 4. The van der Waals surface area contributed by atoms with Crippen LogP contribution in [-0.2, 0) is 0 Å². The molecule has 244 valence electrons. The summed E-state index contributed by atoms with van der Waals surface area (Å²) in [6.07, 6.45) is 0. The van der Waals surface area contributed by atoms with E-state index in [1.165, 1.54) is 27.1 Å². The average Bonchev–Trinajstić information content (AvgIpc) is 3.97. The molecule has 11 rings (SSSR count). The van der Waals surface area contributed by atoms with Crippen LogP contribution in [0.5, 0.6) is 0 Å². The fourth-order valence-corrected chi connectivity index (χ4v) is 6.87. The molecule has 9 heteroatoms. The van der Waals surface area contributed by atoms with Crippen molar-refractivity contribution in [2.24, 2.45) is 0 Å². The van der Waals surface area contributed by atoms with Gasteiger partial charge >= 0.3 is 0 Å². The zero-order valence-electron chi connectivity index (χ0n) is 27.1. The highest BCUT2D eigenvalue weighted by molar-refractivity contribution is 9.10. The zero-order chi connectivity index (χ0) is 34.1. The summed E-state index contributed by atoms with van der Waals surface area (Å²) in [5, 5.41) is 23.5. The quantitative estimate of drug-likeness (QED) is 0.186. The molecular weight excluding hydrogens is 696 g/mol. The van der Waals surface area contributed by atoms with Crippen molar-refractivity contribution in [3.63, 3.8) is 0 Å². The minimum absolute atomic E-state index is 0.896. The number of rotatable bonds is 2. The maximum absolute atomic E-state index is 4.58. The lowest BCUT2D eigenvalue weighted by molar-refractivity contribution is 0.824. The normalized spacial score (nSPS) is 11.2. The number of aromatic nitrogens is 8. The molecule has 0 radical (unpaired) electrons. The van der Waals surface area contributed by atoms with Gasteiger partial charge in [-0.05, 0) is 72.8 Å². The van der Waals surface area contributed by atoms with E-state index in [0.29, 0.717) is 0 Å². The van der Waals surface area contributed by atoms with Crippen LogP contribution in [-0.4, -0.2) is 40.0 Å². The SMILES string of the molecule is Brc1ccccc1.c1ccc(-n2nnc3cc4c5ccccc5n(-c5ccccc5)c4cc32)cc1.c1ccc2c(c1)nc1cc3n[nH][nH]c3cc12. The van der Waals surface area contributed by atoms with Crippen molar-refractivity contribution in [3.8, 4) is 11.4 Å². The van der Waals surface area contributed by atoms with Crippen LogP contribution in [0.2, 0.25) is 0 Å². The van der Waals surface area contributed by atoms with Gasteiger partial charge in [0.05, 0.1) is 38.8 Å². The smallest absolute Gasteiger partial charge is 0.114 e. The first-order valence-electron chi connectivity index (χ1n) is 16.5. The maximum Gasteiger partial charge on any atom is 0.114 e. The highest BCUT2D eigenvalue weighted by atomic mass is 79.9. The Balaban J connectivity index is 0.000000126. The predicted octanol–water partition coefficient (Wildman–Crippen LogP) is 10.6. The molecular formula is C42H29BrN8. The topological polar surface area (TPSA) is 93.0 Å². The Morgan fingerprint density at radius 1 is 0.471 bits per heavy atom. The third-order valence-corrected chi connectivity index (χ3v) is 9.43. The highest BCUT2D eigenvalue weighted by Crippen LogP contribution is 2.34. The van der Waals surface area contributed by atoms with Crippen molar-refractivity contribution in [2.45, 2.75) is 0 Å². The molecule has 7 aromatic carbocycles. The van der Waals surface area contributed by atoms with Gasteiger partial charge < -0.3 is 4.57 Å². The summed E-state index contributed by atoms with van der Waals surface area (Å²) in [5.41, 5.74) is 10.3.